The van der Waals surface area contributed by atoms with E-state index in [1.54, 1.807) is 64.7 Å². The van der Waals surface area contributed by atoms with Crippen molar-refractivity contribution in [1.82, 2.24) is 88.5 Å². The number of amides is 3. The summed E-state index contributed by atoms with van der Waals surface area (Å²) in [6.45, 7) is 20.9. The number of aromatic nitrogens is 12. The second-order valence-electron chi connectivity index (χ2n) is 36.1. The van der Waals surface area contributed by atoms with E-state index in [1.165, 1.54) is 20.8 Å². The molecule has 6 aliphatic rings. The zero-order valence-corrected chi connectivity index (χ0v) is 77.7. The molecule has 9 aromatic rings. The molecule has 6 fully saturated rings. The Morgan fingerprint density at radius 2 is 0.767 bits per heavy atom. The first-order valence-corrected chi connectivity index (χ1v) is 47.5. The van der Waals surface area contributed by atoms with E-state index in [1.807, 2.05) is 57.4 Å². The Hall–Kier alpha value is -12.0. The molecule has 9 aromatic heterocycles. The largest absolute Gasteiger partial charge is 0.389 e. The quantitative estimate of drug-likeness (QED) is 0.00814. The SMILES string of the molecule is CC(=O)c1c(C)c2cnc(Nc3ccc(CN4CCN(C(=O)CCCCCC(=O)CO)CC4)cn3)nc2n(C2CCCC2)c1=O.CC(=O)c1c(C)c2cnc(Nc3ccc(CN4CCN(CCCCCCC(=O)CO)CC4)cn3)nc2n(C2CCCC2)c1=O.CC(=O)c1c(C)c2cnc(Nc3ccc(N4CCN(CCCCCCC(=O)NO)C(=O)C4)cn3)nc2n(C2CCCC2)c1=O. The van der Waals surface area contributed by atoms with Crippen molar-refractivity contribution in [3.8, 4) is 0 Å². The molecule has 710 valence electrons. The van der Waals surface area contributed by atoms with Crippen LogP contribution in [0.5, 0.6) is 0 Å². The van der Waals surface area contributed by atoms with E-state index in [2.05, 4.69) is 66.6 Å². The van der Waals surface area contributed by atoms with Crippen molar-refractivity contribution in [3.63, 3.8) is 0 Å². The molecule has 3 saturated carbocycles. The highest BCUT2D eigenvalue weighted by Crippen LogP contribution is 2.37. The van der Waals surface area contributed by atoms with Crippen LogP contribution in [0.25, 0.3) is 33.1 Å². The van der Waals surface area contributed by atoms with Crippen molar-refractivity contribution in [2.75, 3.05) is 119 Å². The molecular weight excluding hydrogens is 1700 g/mol. The number of hydrogen-bond acceptors (Lipinski definition) is 30. The third kappa shape index (κ3) is 25.7. The molecule has 3 amide bonds. The van der Waals surface area contributed by atoms with Gasteiger partial charge in [0, 0.05) is 176 Å². The van der Waals surface area contributed by atoms with Gasteiger partial charge in [-0.15, -0.1) is 0 Å². The lowest BCUT2D eigenvalue weighted by Gasteiger charge is -2.35. The first kappa shape index (κ1) is 98.5. The van der Waals surface area contributed by atoms with Gasteiger partial charge in [-0.3, -0.25) is 81.4 Å². The highest BCUT2D eigenvalue weighted by atomic mass is 16.5. The Balaban J connectivity index is 0.000000169. The summed E-state index contributed by atoms with van der Waals surface area (Å²) in [6, 6.07) is 11.7. The third-order valence-electron chi connectivity index (χ3n) is 26.6. The molecule has 36 heteroatoms. The smallest absolute Gasteiger partial charge is 0.263 e. The summed E-state index contributed by atoms with van der Waals surface area (Å²) >= 11 is 0. The fourth-order valence-corrected chi connectivity index (χ4v) is 19.2. The van der Waals surface area contributed by atoms with E-state index in [-0.39, 0.29) is 111 Å². The molecule has 3 saturated heterocycles. The first-order chi connectivity index (χ1) is 64.3. The van der Waals surface area contributed by atoms with Crippen molar-refractivity contribution in [2.24, 2.45) is 0 Å². The van der Waals surface area contributed by atoms with Crippen LogP contribution in [0.1, 0.15) is 271 Å². The van der Waals surface area contributed by atoms with E-state index in [0.29, 0.717) is 151 Å². The molecule has 0 spiro atoms. The predicted octanol–water partition coefficient (Wildman–Crippen LogP) is 11.6. The minimum Gasteiger partial charge on any atom is -0.389 e. The third-order valence-corrected chi connectivity index (χ3v) is 26.6. The maximum atomic E-state index is 13.5. The van der Waals surface area contributed by atoms with E-state index in [4.69, 9.17) is 30.4 Å². The van der Waals surface area contributed by atoms with Crippen LogP contribution in [-0.2, 0) is 37.1 Å². The van der Waals surface area contributed by atoms with Crippen molar-refractivity contribution in [3.05, 3.63) is 149 Å². The highest BCUT2D eigenvalue weighted by molar-refractivity contribution is 6.01. The summed E-state index contributed by atoms with van der Waals surface area (Å²) in [5.41, 5.74) is 7.95. The van der Waals surface area contributed by atoms with Crippen LogP contribution >= 0.6 is 0 Å². The summed E-state index contributed by atoms with van der Waals surface area (Å²) in [5, 5.41) is 37.8. The topological polar surface area (TPSA) is 447 Å². The monoisotopic (exact) mass is 1820 g/mol. The van der Waals surface area contributed by atoms with Gasteiger partial charge in [0.25, 0.3) is 16.7 Å². The molecule has 0 atom stereocenters. The number of anilines is 7. The van der Waals surface area contributed by atoms with E-state index >= 15 is 0 Å². The summed E-state index contributed by atoms with van der Waals surface area (Å²) in [4.78, 5) is 191. The number of piperazine rings is 3. The van der Waals surface area contributed by atoms with Gasteiger partial charge in [0.2, 0.25) is 35.6 Å². The number of carbonyl (C=O) groups excluding carboxylic acids is 8. The Morgan fingerprint density at radius 3 is 1.14 bits per heavy atom. The van der Waals surface area contributed by atoms with Crippen LogP contribution in [0.2, 0.25) is 0 Å². The van der Waals surface area contributed by atoms with Gasteiger partial charge < -0.3 is 45.8 Å². The molecule has 3 aliphatic carbocycles. The molecule has 36 nitrogen and oxygen atoms in total. The number of pyridine rings is 6. The minimum atomic E-state index is -0.406. The van der Waals surface area contributed by atoms with Gasteiger partial charge in [-0.2, -0.15) is 15.0 Å². The minimum absolute atomic E-state index is 0.000801. The normalized spacial score (nSPS) is 16.0. The van der Waals surface area contributed by atoms with Gasteiger partial charge in [-0.25, -0.2) is 35.4 Å². The predicted molar refractivity (Wildman–Crippen MR) is 506 cm³/mol. The van der Waals surface area contributed by atoms with Crippen LogP contribution in [0.15, 0.2) is 88.0 Å². The molecule has 0 bridgehead atoms. The Morgan fingerprint density at radius 1 is 0.398 bits per heavy atom. The molecule has 12 heterocycles. The van der Waals surface area contributed by atoms with Crippen LogP contribution in [-0.4, -0.2) is 243 Å². The Labute approximate surface area is 773 Å². The standard InChI is InChI=1S/C33H43N7O5.C33H45N7O4.C31H40N8O5/c1-22-27-19-35-33(37-31(27)40(25-8-6-7-9-25)32(45)30(22)23(2)42)36-28-13-12-24(18-34-28)20-38-14-16-39(17-15-38)29(44)11-5-3-4-10-26(43)21-41;1-23-28-20-35-33(37-31(28)40(26-9-6-7-10-26)32(44)30(23)24(2)42)36-29-13-12-25(19-34-29)21-39-17-15-38(16-18-39)14-8-4-3-5-11-27(43)22-41;1-20-24-18-33-31(35-29(24)39(22-9-6-7-10-22)30(43)28(20)21(2)40)34-25-13-12-23(17-32-25)38-16-15-37(27(42)19-38)14-8-4-3-5-11-26(41)36-44/h12-13,18-19,25,41H,3-11,14-17,20-21H2,1-2H3,(H,34,35,36,37);12-13,19-20,26,41H,3-11,14-18,21-22H2,1-2H3,(H,34,35,36,37);12-13,17-18,22,44H,3-11,14-16,19H2,1-2H3,(H,36,41)(H,32,33,34,35). The molecule has 15 rings (SSSR count). The molecule has 0 unspecified atom stereocenters. The number of aryl methyl sites for hydroxylation is 3. The van der Waals surface area contributed by atoms with Crippen molar-refractivity contribution < 1.29 is 53.8 Å². The zero-order valence-electron chi connectivity index (χ0n) is 77.7. The Bertz CT molecular complexity index is 5800. The lowest BCUT2D eigenvalue weighted by atomic mass is 10.0. The number of hydrogen-bond donors (Lipinski definition) is 7. The van der Waals surface area contributed by atoms with Gasteiger partial charge >= 0.3 is 0 Å². The van der Waals surface area contributed by atoms with Gasteiger partial charge in [0.15, 0.2) is 28.9 Å². The number of Topliss-reactive ketones (excluding diaryl/α,β-unsaturated/α-hetero) is 5. The van der Waals surface area contributed by atoms with Crippen LogP contribution < -0.4 is 43.0 Å². The summed E-state index contributed by atoms with van der Waals surface area (Å²) in [7, 11) is 0. The molecule has 3 aliphatic heterocycles. The summed E-state index contributed by atoms with van der Waals surface area (Å²) in [5.74, 6) is 1.67. The zero-order chi connectivity index (χ0) is 94.2. The maximum Gasteiger partial charge on any atom is 0.263 e. The number of carbonyl (C=O) groups is 8. The Kier molecular flexibility index (Phi) is 35.3. The highest BCUT2D eigenvalue weighted by Gasteiger charge is 2.32. The molecule has 7 N–H and O–H groups in total. The summed E-state index contributed by atoms with van der Waals surface area (Å²) in [6.07, 6.45) is 33.5. The molecule has 133 heavy (non-hydrogen) atoms. The first-order valence-electron chi connectivity index (χ1n) is 47.5. The van der Waals surface area contributed by atoms with Crippen LogP contribution in [0.4, 0.5) is 41.0 Å². The van der Waals surface area contributed by atoms with Gasteiger partial charge in [-0.05, 0) is 177 Å². The fraction of sp³-hybridized carbons (Fsp3) is 0.546. The van der Waals surface area contributed by atoms with Gasteiger partial charge in [0.05, 0.1) is 35.1 Å². The second-order valence-corrected chi connectivity index (χ2v) is 36.1. The number of ketones is 5. The van der Waals surface area contributed by atoms with Crippen LogP contribution in [0, 0.1) is 20.8 Å². The van der Waals surface area contributed by atoms with E-state index in [0.717, 1.165) is 216 Å². The molecule has 0 radical (unpaired) electrons. The van der Waals surface area contributed by atoms with Crippen LogP contribution in [0.3, 0.4) is 0 Å². The van der Waals surface area contributed by atoms with Gasteiger partial charge in [0.1, 0.15) is 47.6 Å². The number of hydroxylamine groups is 1. The number of aliphatic hydroxyl groups excluding tert-OH is 2. The van der Waals surface area contributed by atoms with Crippen molar-refractivity contribution >= 4 is 121 Å². The lowest BCUT2D eigenvalue weighted by Crippen LogP contribution is -2.50. The van der Waals surface area contributed by atoms with E-state index in [9.17, 15) is 52.7 Å². The number of aliphatic hydroxyl groups is 2. The summed E-state index contributed by atoms with van der Waals surface area (Å²) < 4.78 is 5.11. The number of unbranched alkanes of at least 4 members (excludes halogenated alkanes) is 8. The lowest BCUT2D eigenvalue weighted by molar-refractivity contribution is -0.133. The van der Waals surface area contributed by atoms with Gasteiger partial charge in [-0.1, -0.05) is 82.8 Å². The average molecular weight is 1830 g/mol. The fourth-order valence-electron chi connectivity index (χ4n) is 19.2. The number of rotatable bonds is 39. The van der Waals surface area contributed by atoms with E-state index < -0.39 is 6.61 Å². The molecular formula is C97H128N22O14. The average Bonchev–Trinajstić information content (AvgIpc) is 1.70. The van der Waals surface area contributed by atoms with Crippen molar-refractivity contribution in [2.45, 2.75) is 246 Å². The second kappa shape index (κ2) is 47.6. The number of nitrogens with zero attached hydrogens (tertiary/aromatic N) is 18. The maximum absolute atomic E-state index is 13.5. The van der Waals surface area contributed by atoms with Crippen molar-refractivity contribution in [1.29, 1.82) is 0 Å². The number of nitrogens with one attached hydrogen (secondary N) is 4. The molecule has 0 aromatic carbocycles. The number of fused-ring (bicyclic) bond motifs is 3.